The molecule has 6 aromatic rings. The molecule has 2 fully saturated rings. The molecule has 0 aliphatic carbocycles. The number of benzene rings is 2. The molecule has 0 saturated carbocycles. The van der Waals surface area contributed by atoms with E-state index < -0.39 is 65.4 Å². The van der Waals surface area contributed by atoms with Gasteiger partial charge in [-0.15, -0.1) is 6.42 Å². The first-order valence-corrected chi connectivity index (χ1v) is 37.3. The quantitative estimate of drug-likeness (QED) is 0.0948. The summed E-state index contributed by atoms with van der Waals surface area (Å²) in [5, 5.41) is 12.3. The molecule has 127 heavy (non-hydrogen) atoms. The second-order valence-corrected chi connectivity index (χ2v) is 25.5. The molecule has 7 heterocycles. The van der Waals surface area contributed by atoms with Crippen LogP contribution in [0.3, 0.4) is 0 Å². The number of halogens is 8. The Morgan fingerprint density at radius 2 is 0.827 bits per heavy atom. The first-order chi connectivity index (χ1) is 60.9. The monoisotopic (exact) mass is 1710 g/mol. The topological polar surface area (TPSA) is 168 Å². The number of fused-ring (bicyclic) bond motifs is 1. The minimum Gasteiger partial charge on any atom is -0.395 e. The van der Waals surface area contributed by atoms with Crippen molar-refractivity contribution in [2.45, 2.75) is 130 Å². The number of aryl methyl sites for hydroxylation is 2. The van der Waals surface area contributed by atoms with E-state index >= 15 is 0 Å². The van der Waals surface area contributed by atoms with E-state index in [0.29, 0.717) is 50.2 Å². The normalized spacial score (nSPS) is 13.0. The minimum absolute atomic E-state index is 0. The molecule has 4 aromatic heterocycles. The SMILES string of the molecule is C.C#CC#CC#CC#CC#CC#CC#CC#CC#CC#CC#CC#CC#CC#CC#CC#CC#CC#CC#CC#CC#CC#CC#CC#CC#CC#CC.Cc1cn(-c2ccc(C(=O)N[C@@H](C)[C@@H]3CC[C@H](c4ccc(Cl)cc4C(F)(F)F)O3)n(CCO)c2=O)cn1.Cc1cn(-c2ccc3n(c2=O)CCN([C@@H](C)[C@@H]2CC[C@H](c4ccc(Cl)cc4C(F)(F)F)O2)C3=O)cn1. The van der Waals surface area contributed by atoms with Crippen molar-refractivity contribution in [2.75, 3.05) is 13.2 Å². The number of hydrogen-bond donors (Lipinski definition) is 2. The Labute approximate surface area is 743 Å². The Bertz CT molecular complexity index is 7310. The number of rotatable bonds is 11. The van der Waals surface area contributed by atoms with E-state index in [1.165, 1.54) is 56.4 Å². The molecule has 9 rings (SSSR count). The molecular weight excluding hydrogens is 1660 g/mol. The standard InChI is InChI=1S/C53H4.C25H26ClF3N4O4.C25H24ClF3N4O3.CH4/c1-3-5-7-9-11-13-15-17-19-21-23-25-27-29-31-33-35-37-39-41-43-45-47-49-51-53-52-50-48-46-44-42-40-38-36-34-32-30-28-26-24-22-20-18-16-14-12-10-8-6-4-2;1-14-12-32(13-30-14)20-6-5-19(33(9-10-34)24(20)36)23(35)31-15(2)21-7-8-22(37-21)17-4-3-16(26)11-18(17)25(27,28)29;1-14-12-31(13-30-14)19-5-6-20-24(35)32(9-10-33(20)23(19)34)15(2)21-7-8-22(36-21)17-4-3-16(26)11-18(17)25(27,28)29;/h1H,2H3;3-6,11-13,15,21-22,34H,7-10H2,1-2H3,(H,31,35);3-6,11-13,15,21-22H,7-10H2,1-2H3;1H4/t;2*15-,21-,22+;/m.00./s1. The summed E-state index contributed by atoms with van der Waals surface area (Å²) in [5.74, 6) is 126. The predicted molar refractivity (Wildman–Crippen MR) is 472 cm³/mol. The van der Waals surface area contributed by atoms with E-state index in [0.717, 1.165) is 17.8 Å². The molecule has 0 radical (unpaired) electrons. The van der Waals surface area contributed by atoms with Crippen LogP contribution in [0.1, 0.15) is 121 Å². The number of carbonyl (C=O) groups excluding carboxylic acids is 2. The number of aliphatic hydroxyl groups excluding tert-OH is 1. The van der Waals surface area contributed by atoms with Crippen molar-refractivity contribution in [1.29, 1.82) is 0 Å². The average molecular weight is 1720 g/mol. The molecule has 2 N–H and O–H groups in total. The molecule has 0 spiro atoms. The van der Waals surface area contributed by atoms with E-state index in [4.69, 9.17) is 39.1 Å². The minimum atomic E-state index is -4.58. The summed E-state index contributed by atoms with van der Waals surface area (Å²) in [5.41, 5.74) is 0.0837. The highest BCUT2D eigenvalue weighted by Crippen LogP contribution is 2.44. The lowest BCUT2D eigenvalue weighted by atomic mass is 9.99. The zero-order valence-corrected chi connectivity index (χ0v) is 68.3. The van der Waals surface area contributed by atoms with Gasteiger partial charge in [0.25, 0.3) is 22.9 Å². The maximum absolute atomic E-state index is 13.6. The number of alkyl halides is 6. The van der Waals surface area contributed by atoms with Gasteiger partial charge in [-0.1, -0.05) is 48.7 Å². The molecule has 612 valence electrons. The number of aromatic nitrogens is 6. The molecule has 23 heteroatoms. The number of nitrogens with one attached hydrogen (secondary N) is 1. The second-order valence-electron chi connectivity index (χ2n) is 24.6. The fourth-order valence-electron chi connectivity index (χ4n) is 11.2. The summed E-state index contributed by atoms with van der Waals surface area (Å²) in [6.07, 6.45) is 1.36. The molecule has 0 unspecified atom stereocenters. The van der Waals surface area contributed by atoms with E-state index in [9.17, 15) is 50.6 Å². The van der Waals surface area contributed by atoms with Crippen molar-refractivity contribution >= 4 is 35.0 Å². The molecular formula is C104H58Cl2F6N8O7. The third-order valence-electron chi connectivity index (χ3n) is 16.5. The van der Waals surface area contributed by atoms with Crippen LogP contribution in [0.4, 0.5) is 26.3 Å². The summed E-state index contributed by atoms with van der Waals surface area (Å²) in [7, 11) is 0. The van der Waals surface area contributed by atoms with Gasteiger partial charge in [0, 0.05) is 243 Å². The Kier molecular flexibility index (Phi) is 41.0. The second kappa shape index (κ2) is 53.1. The summed E-state index contributed by atoms with van der Waals surface area (Å²) in [6, 6.07) is 12.5. The number of ether oxygens (including phenoxy) is 2. The van der Waals surface area contributed by atoms with Gasteiger partial charge in [-0.3, -0.25) is 23.7 Å². The van der Waals surface area contributed by atoms with Crippen molar-refractivity contribution in [1.82, 2.24) is 38.5 Å². The summed E-state index contributed by atoms with van der Waals surface area (Å²) < 4.78 is 99.2. The van der Waals surface area contributed by atoms with Crippen LogP contribution in [0.25, 0.3) is 11.4 Å². The third-order valence-corrected chi connectivity index (χ3v) is 16.9. The maximum Gasteiger partial charge on any atom is 0.416 e. The fraction of sp³-hybridized carbons (Fsp3) is 0.212. The Morgan fingerprint density at radius 1 is 0.488 bits per heavy atom. The van der Waals surface area contributed by atoms with E-state index in [-0.39, 0.29) is 76.3 Å². The molecule has 2 saturated heterocycles. The fourth-order valence-corrected chi connectivity index (χ4v) is 11.5. The summed E-state index contributed by atoms with van der Waals surface area (Å²) in [6.45, 7) is 8.93. The van der Waals surface area contributed by atoms with Gasteiger partial charge < -0.3 is 38.5 Å². The van der Waals surface area contributed by atoms with Gasteiger partial charge in [0.15, 0.2) is 0 Å². The van der Waals surface area contributed by atoms with Gasteiger partial charge in [0.05, 0.1) is 78.3 Å². The van der Waals surface area contributed by atoms with Gasteiger partial charge in [-0.05, 0) is 215 Å². The Hall–Kier alpha value is -17.7. The van der Waals surface area contributed by atoms with Crippen LogP contribution in [0.2, 0.25) is 10.0 Å². The molecule has 2 aromatic carbocycles. The molecule has 0 bridgehead atoms. The van der Waals surface area contributed by atoms with Crippen LogP contribution in [-0.2, 0) is 34.9 Å². The van der Waals surface area contributed by atoms with Crippen molar-refractivity contribution in [3.05, 3.63) is 161 Å². The Balaban J connectivity index is 0.000000299. The largest absolute Gasteiger partial charge is 0.416 e. The van der Waals surface area contributed by atoms with Crippen molar-refractivity contribution < 1.29 is 50.5 Å². The first kappa shape index (κ1) is 98.1. The number of terminal acetylenes is 1. The van der Waals surface area contributed by atoms with Crippen LogP contribution >= 0.6 is 23.2 Å². The summed E-state index contributed by atoms with van der Waals surface area (Å²) in [4.78, 5) is 62.4. The third kappa shape index (κ3) is 33.1. The maximum atomic E-state index is 13.6. The molecule has 6 atom stereocenters. The lowest BCUT2D eigenvalue weighted by Gasteiger charge is -2.37. The molecule has 15 nitrogen and oxygen atoms in total. The van der Waals surface area contributed by atoms with Crippen molar-refractivity contribution in [3.63, 3.8) is 0 Å². The van der Waals surface area contributed by atoms with Crippen molar-refractivity contribution in [2.24, 2.45) is 0 Å². The van der Waals surface area contributed by atoms with E-state index in [1.807, 2.05) is 13.8 Å². The lowest BCUT2D eigenvalue weighted by molar-refractivity contribution is -0.140. The van der Waals surface area contributed by atoms with Gasteiger partial charge in [-0.2, -0.15) is 26.3 Å². The zero-order chi connectivity index (χ0) is 90.7. The van der Waals surface area contributed by atoms with Gasteiger partial charge in [0.1, 0.15) is 22.8 Å². The van der Waals surface area contributed by atoms with Gasteiger partial charge in [-0.25, -0.2) is 9.97 Å². The molecule has 3 aliphatic heterocycles. The lowest BCUT2D eigenvalue weighted by Crippen LogP contribution is -2.52. The Morgan fingerprint density at radius 3 is 1.17 bits per heavy atom. The number of hydrogen-bond acceptors (Lipinski definition) is 9. The van der Waals surface area contributed by atoms with E-state index in [2.05, 4.69) is 317 Å². The van der Waals surface area contributed by atoms with Crippen LogP contribution in [0.15, 0.2) is 95.3 Å². The number of aliphatic hydroxyl groups is 1. The number of carbonyl (C=O) groups is 2. The number of amides is 2. The highest BCUT2D eigenvalue weighted by atomic mass is 35.5. The summed E-state index contributed by atoms with van der Waals surface area (Å²) >= 11 is 11.6. The van der Waals surface area contributed by atoms with Crippen LogP contribution in [0.5, 0.6) is 0 Å². The van der Waals surface area contributed by atoms with Gasteiger partial charge >= 0.3 is 12.4 Å². The number of nitrogens with zero attached hydrogens (tertiary/aromatic N) is 7. The highest BCUT2D eigenvalue weighted by Gasteiger charge is 2.43. The molecule has 3 aliphatic rings. The molecule has 2 amide bonds. The average Bonchev–Trinajstić information content (AvgIpc) is 1.76. The predicted octanol–water partition coefficient (Wildman–Crippen LogP) is 10.2. The highest BCUT2D eigenvalue weighted by molar-refractivity contribution is 6.31. The smallest absolute Gasteiger partial charge is 0.395 e. The van der Waals surface area contributed by atoms with Crippen LogP contribution in [0, 0.1) is 322 Å². The first-order valence-electron chi connectivity index (χ1n) is 36.6. The van der Waals surface area contributed by atoms with Crippen LogP contribution in [-0.4, -0.2) is 87.5 Å². The van der Waals surface area contributed by atoms with Gasteiger partial charge in [0.2, 0.25) is 0 Å². The van der Waals surface area contributed by atoms with Crippen LogP contribution < -0.4 is 16.4 Å². The van der Waals surface area contributed by atoms with Crippen molar-refractivity contribution in [3.8, 4) is 320 Å². The number of imidazole rings is 2. The van der Waals surface area contributed by atoms with E-state index in [1.54, 1.807) is 61.1 Å². The zero-order valence-electron chi connectivity index (χ0n) is 66.8. The number of pyridine rings is 2.